The van der Waals surface area contributed by atoms with Crippen LogP contribution in [0.4, 0.5) is 4.39 Å². The van der Waals surface area contributed by atoms with Gasteiger partial charge in [-0.3, -0.25) is 9.78 Å². The lowest BCUT2D eigenvalue weighted by molar-refractivity contribution is -0.126. The van der Waals surface area contributed by atoms with E-state index in [9.17, 15) is 9.18 Å². The summed E-state index contributed by atoms with van der Waals surface area (Å²) in [5, 5.41) is 6.42. The second-order valence-electron chi connectivity index (χ2n) is 6.33. The molecule has 3 atom stereocenters. The number of amides is 1. The van der Waals surface area contributed by atoms with Gasteiger partial charge in [0.1, 0.15) is 5.82 Å². The number of carbonyl (C=O) groups is 1. The van der Waals surface area contributed by atoms with Gasteiger partial charge in [0.2, 0.25) is 5.91 Å². The van der Waals surface area contributed by atoms with E-state index < -0.39 is 6.04 Å². The van der Waals surface area contributed by atoms with Crippen molar-refractivity contribution in [1.29, 1.82) is 0 Å². The number of benzene rings is 1. The molecule has 1 amide bonds. The number of nitrogens with one attached hydrogen (secondary N) is 2. The van der Waals surface area contributed by atoms with Gasteiger partial charge in [-0.25, -0.2) is 4.39 Å². The molecule has 24 heavy (non-hydrogen) atoms. The molecule has 1 fully saturated rings. The highest BCUT2D eigenvalue weighted by molar-refractivity contribution is 5.79. The minimum atomic E-state index is -0.445. The number of aromatic nitrogens is 1. The molecule has 4 nitrogen and oxygen atoms in total. The van der Waals surface area contributed by atoms with E-state index in [4.69, 9.17) is 0 Å². The summed E-state index contributed by atoms with van der Waals surface area (Å²) < 4.78 is 13.6. The van der Waals surface area contributed by atoms with Gasteiger partial charge in [-0.2, -0.15) is 0 Å². The van der Waals surface area contributed by atoms with Crippen molar-refractivity contribution in [1.82, 2.24) is 15.6 Å². The normalized spacial score (nSPS) is 21.9. The fourth-order valence-corrected chi connectivity index (χ4v) is 3.19. The van der Waals surface area contributed by atoms with E-state index in [1.165, 1.54) is 12.1 Å². The first-order valence-electron chi connectivity index (χ1n) is 8.33. The number of rotatable bonds is 4. The molecule has 1 aromatic heterocycles. The lowest BCUT2D eigenvalue weighted by Crippen LogP contribution is -2.43. The van der Waals surface area contributed by atoms with Crippen molar-refractivity contribution in [2.75, 3.05) is 6.54 Å². The second kappa shape index (κ2) is 7.53. The molecule has 2 aromatic rings. The topological polar surface area (TPSA) is 54.0 Å². The summed E-state index contributed by atoms with van der Waals surface area (Å²) in [6.07, 6.45) is 3.30. The molecule has 2 N–H and O–H groups in total. The van der Waals surface area contributed by atoms with Gasteiger partial charge in [0, 0.05) is 18.2 Å². The van der Waals surface area contributed by atoms with Crippen molar-refractivity contribution in [3.63, 3.8) is 0 Å². The van der Waals surface area contributed by atoms with Crippen molar-refractivity contribution in [2.24, 2.45) is 5.92 Å². The largest absolute Gasteiger partial charge is 0.343 e. The molecule has 1 aliphatic heterocycles. The monoisotopic (exact) mass is 327 g/mol. The maximum Gasteiger partial charge on any atom is 0.224 e. The van der Waals surface area contributed by atoms with Crippen molar-refractivity contribution >= 4 is 5.91 Å². The maximum absolute atomic E-state index is 13.6. The second-order valence-corrected chi connectivity index (χ2v) is 6.33. The highest BCUT2D eigenvalue weighted by Crippen LogP contribution is 2.23. The van der Waals surface area contributed by atoms with Crippen LogP contribution in [0.5, 0.6) is 0 Å². The van der Waals surface area contributed by atoms with Crippen LogP contribution in [0.3, 0.4) is 0 Å². The summed E-state index contributed by atoms with van der Waals surface area (Å²) in [7, 11) is 0. The molecule has 126 valence electrons. The number of halogens is 1. The maximum atomic E-state index is 13.6. The summed E-state index contributed by atoms with van der Waals surface area (Å²) in [6.45, 7) is 2.93. The first-order valence-corrected chi connectivity index (χ1v) is 8.33. The molecule has 1 unspecified atom stereocenters. The van der Waals surface area contributed by atoms with Crippen molar-refractivity contribution in [2.45, 2.75) is 31.8 Å². The molecule has 1 saturated heterocycles. The Hall–Kier alpha value is -2.27. The molecule has 3 rings (SSSR count). The van der Waals surface area contributed by atoms with Crippen LogP contribution in [-0.2, 0) is 4.79 Å². The molecule has 1 aromatic carbocycles. The molecule has 0 radical (unpaired) electrons. The van der Waals surface area contributed by atoms with Crippen LogP contribution < -0.4 is 10.6 Å². The van der Waals surface area contributed by atoms with E-state index in [0.29, 0.717) is 17.3 Å². The average molecular weight is 327 g/mol. The van der Waals surface area contributed by atoms with Crippen LogP contribution in [0.25, 0.3) is 0 Å². The summed E-state index contributed by atoms with van der Waals surface area (Å²) in [5.74, 6) is -0.345. The Morgan fingerprint density at radius 2 is 2.21 bits per heavy atom. The first kappa shape index (κ1) is 16.6. The quantitative estimate of drug-likeness (QED) is 0.908. The first-order chi connectivity index (χ1) is 11.6. The summed E-state index contributed by atoms with van der Waals surface area (Å²) in [5.41, 5.74) is 1.41. The Morgan fingerprint density at radius 3 is 2.92 bits per heavy atom. The molecule has 0 saturated carbocycles. The number of pyridine rings is 1. The summed E-state index contributed by atoms with van der Waals surface area (Å²) in [4.78, 5) is 17.1. The summed E-state index contributed by atoms with van der Waals surface area (Å²) in [6, 6.07) is 11.7. The van der Waals surface area contributed by atoms with Crippen molar-refractivity contribution < 1.29 is 9.18 Å². The van der Waals surface area contributed by atoms with Gasteiger partial charge in [-0.05, 0) is 56.1 Å². The van der Waals surface area contributed by atoms with Crippen LogP contribution >= 0.6 is 0 Å². The van der Waals surface area contributed by atoms with Gasteiger partial charge in [0.15, 0.2) is 0 Å². The Balaban J connectivity index is 1.84. The number of carbonyl (C=O) groups excluding carboxylic acids is 1. The summed E-state index contributed by atoms with van der Waals surface area (Å²) >= 11 is 0. The highest BCUT2D eigenvalue weighted by atomic mass is 19.1. The van der Waals surface area contributed by atoms with Crippen molar-refractivity contribution in [3.05, 3.63) is 65.7 Å². The zero-order valence-electron chi connectivity index (χ0n) is 13.7. The zero-order valence-corrected chi connectivity index (χ0v) is 13.7. The Morgan fingerprint density at radius 1 is 1.33 bits per heavy atom. The molecular weight excluding hydrogens is 305 g/mol. The third kappa shape index (κ3) is 3.97. The van der Waals surface area contributed by atoms with Crippen LogP contribution in [0.2, 0.25) is 0 Å². The SMILES string of the molecule is C[C@H]1C[C@@H](C(=O)NC(c2cccc(F)c2)c2ccccn2)CCN1. The minimum absolute atomic E-state index is 0.00302. The molecule has 0 aliphatic carbocycles. The molecule has 5 heteroatoms. The van der Waals surface area contributed by atoms with E-state index in [1.807, 2.05) is 24.3 Å². The fourth-order valence-electron chi connectivity index (χ4n) is 3.19. The molecule has 2 heterocycles. The van der Waals surface area contributed by atoms with E-state index in [0.717, 1.165) is 19.4 Å². The van der Waals surface area contributed by atoms with Gasteiger partial charge in [0.25, 0.3) is 0 Å². The van der Waals surface area contributed by atoms with E-state index in [-0.39, 0.29) is 17.6 Å². The molecular formula is C19H22FN3O. The molecule has 0 spiro atoms. The molecule has 1 aliphatic rings. The Kier molecular flexibility index (Phi) is 5.20. The Labute approximate surface area is 141 Å². The highest BCUT2D eigenvalue weighted by Gasteiger charge is 2.27. The fraction of sp³-hybridized carbons (Fsp3) is 0.368. The van der Waals surface area contributed by atoms with Gasteiger partial charge in [-0.15, -0.1) is 0 Å². The van der Waals surface area contributed by atoms with Gasteiger partial charge >= 0.3 is 0 Å². The van der Waals surface area contributed by atoms with Gasteiger partial charge in [0.05, 0.1) is 11.7 Å². The van der Waals surface area contributed by atoms with Gasteiger partial charge in [-0.1, -0.05) is 18.2 Å². The third-order valence-corrected chi connectivity index (χ3v) is 4.45. The standard InChI is InChI=1S/C19H22FN3O/c1-13-11-15(8-10-21-13)19(24)23-18(17-7-2-3-9-22-17)14-5-4-6-16(20)12-14/h2-7,9,12-13,15,18,21H,8,10-11H2,1H3,(H,23,24)/t13-,15-,18?/m0/s1. The third-order valence-electron chi connectivity index (χ3n) is 4.45. The zero-order chi connectivity index (χ0) is 16.9. The lowest BCUT2D eigenvalue weighted by Gasteiger charge is -2.29. The number of nitrogens with zero attached hydrogens (tertiary/aromatic N) is 1. The van der Waals surface area contributed by atoms with Gasteiger partial charge < -0.3 is 10.6 Å². The Bertz CT molecular complexity index is 692. The van der Waals surface area contributed by atoms with Crippen LogP contribution in [-0.4, -0.2) is 23.5 Å². The number of hydrogen-bond acceptors (Lipinski definition) is 3. The number of piperidine rings is 1. The van der Waals surface area contributed by atoms with Crippen LogP contribution in [0.1, 0.15) is 37.1 Å². The van der Waals surface area contributed by atoms with Crippen LogP contribution in [0, 0.1) is 11.7 Å². The van der Waals surface area contributed by atoms with Crippen LogP contribution in [0.15, 0.2) is 48.7 Å². The van der Waals surface area contributed by atoms with Crippen molar-refractivity contribution in [3.8, 4) is 0 Å². The van der Waals surface area contributed by atoms with E-state index >= 15 is 0 Å². The lowest BCUT2D eigenvalue weighted by atomic mass is 9.91. The minimum Gasteiger partial charge on any atom is -0.343 e. The average Bonchev–Trinajstić information content (AvgIpc) is 2.60. The smallest absolute Gasteiger partial charge is 0.224 e. The molecule has 0 bridgehead atoms. The number of hydrogen-bond donors (Lipinski definition) is 2. The predicted molar refractivity (Wildman–Crippen MR) is 90.8 cm³/mol. The predicted octanol–water partition coefficient (Wildman–Crippen LogP) is 2.81. The van der Waals surface area contributed by atoms with E-state index in [1.54, 1.807) is 12.3 Å². The van der Waals surface area contributed by atoms with E-state index in [2.05, 4.69) is 22.5 Å².